The van der Waals surface area contributed by atoms with E-state index in [1.54, 1.807) is 24.1 Å². The molecular formula is C10H12ClN5OS. The lowest BCUT2D eigenvalue weighted by atomic mass is 10.1. The number of aromatic amines is 1. The second-order valence-corrected chi connectivity index (χ2v) is 5.68. The second-order valence-electron chi connectivity index (χ2n) is 3.96. The van der Waals surface area contributed by atoms with Crippen molar-refractivity contribution in [2.75, 3.05) is 13.6 Å². The molecule has 0 aliphatic rings. The average molecular weight is 286 g/mol. The van der Waals surface area contributed by atoms with Crippen molar-refractivity contribution in [2.24, 2.45) is 0 Å². The summed E-state index contributed by atoms with van der Waals surface area (Å²) in [5.74, 6) is 0.564. The number of amides is 1. The van der Waals surface area contributed by atoms with Crippen LogP contribution < -0.4 is 0 Å². The Kier molecular flexibility index (Phi) is 3.93. The second kappa shape index (κ2) is 5.45. The van der Waals surface area contributed by atoms with Gasteiger partial charge in [-0.2, -0.15) is 5.21 Å². The number of carbonyl (C=O) groups excluding carboxylic acids is 1. The lowest BCUT2D eigenvalue weighted by molar-refractivity contribution is 0.0792. The molecule has 1 atom stereocenters. The largest absolute Gasteiger partial charge is 0.340 e. The van der Waals surface area contributed by atoms with Crippen LogP contribution in [0.4, 0.5) is 0 Å². The summed E-state index contributed by atoms with van der Waals surface area (Å²) >= 11 is 7.08. The molecule has 1 N–H and O–H groups in total. The van der Waals surface area contributed by atoms with E-state index in [0.717, 1.165) is 0 Å². The third kappa shape index (κ3) is 2.85. The van der Waals surface area contributed by atoms with Crippen molar-refractivity contribution in [1.29, 1.82) is 0 Å². The molecule has 0 aromatic carbocycles. The zero-order valence-corrected chi connectivity index (χ0v) is 11.5. The zero-order valence-electron chi connectivity index (χ0n) is 9.92. The van der Waals surface area contributed by atoms with Crippen molar-refractivity contribution in [3.8, 4) is 0 Å². The van der Waals surface area contributed by atoms with Gasteiger partial charge in [-0.05, 0) is 12.1 Å². The Morgan fingerprint density at radius 1 is 1.61 bits per heavy atom. The molecule has 0 saturated carbocycles. The Morgan fingerprint density at radius 3 is 2.94 bits per heavy atom. The summed E-state index contributed by atoms with van der Waals surface area (Å²) in [6.07, 6.45) is 0. The number of nitrogens with one attached hydrogen (secondary N) is 1. The quantitative estimate of drug-likeness (QED) is 0.929. The fourth-order valence-electron chi connectivity index (χ4n) is 1.57. The zero-order chi connectivity index (χ0) is 13.1. The Balaban J connectivity index is 1.99. The predicted octanol–water partition coefficient (Wildman–Crippen LogP) is 1.79. The highest BCUT2D eigenvalue weighted by atomic mass is 35.5. The summed E-state index contributed by atoms with van der Waals surface area (Å²) in [6.45, 7) is 2.46. The molecule has 0 unspecified atom stereocenters. The van der Waals surface area contributed by atoms with E-state index in [0.29, 0.717) is 21.6 Å². The van der Waals surface area contributed by atoms with E-state index in [-0.39, 0.29) is 11.8 Å². The van der Waals surface area contributed by atoms with Gasteiger partial charge in [-0.25, -0.2) is 0 Å². The summed E-state index contributed by atoms with van der Waals surface area (Å²) < 4.78 is 0.609. The lowest BCUT2D eigenvalue weighted by Gasteiger charge is -2.18. The number of thiophene rings is 1. The Bertz CT molecular complexity index is 526. The monoisotopic (exact) mass is 285 g/mol. The highest BCUT2D eigenvalue weighted by molar-refractivity contribution is 7.17. The fraction of sp³-hybridized carbons (Fsp3) is 0.400. The van der Waals surface area contributed by atoms with Gasteiger partial charge >= 0.3 is 0 Å². The Hall–Kier alpha value is -1.47. The van der Waals surface area contributed by atoms with Crippen LogP contribution >= 0.6 is 22.9 Å². The lowest BCUT2D eigenvalue weighted by Crippen LogP contribution is -2.30. The van der Waals surface area contributed by atoms with Gasteiger partial charge in [0.15, 0.2) is 5.82 Å². The van der Waals surface area contributed by atoms with Crippen LogP contribution in [0.3, 0.4) is 0 Å². The highest BCUT2D eigenvalue weighted by Crippen LogP contribution is 2.23. The Labute approximate surface area is 113 Å². The molecule has 1 amide bonds. The number of aromatic nitrogens is 4. The predicted molar refractivity (Wildman–Crippen MR) is 68.9 cm³/mol. The van der Waals surface area contributed by atoms with E-state index >= 15 is 0 Å². The molecule has 2 aromatic heterocycles. The van der Waals surface area contributed by atoms with Gasteiger partial charge in [0.2, 0.25) is 0 Å². The van der Waals surface area contributed by atoms with Crippen LogP contribution in [0.1, 0.15) is 28.3 Å². The summed E-state index contributed by atoms with van der Waals surface area (Å²) in [5.41, 5.74) is 0. The molecule has 0 fully saturated rings. The first-order valence-corrected chi connectivity index (χ1v) is 6.51. The van der Waals surface area contributed by atoms with E-state index in [9.17, 15) is 4.79 Å². The number of likely N-dealkylation sites (N-methyl/N-ethyl adjacent to an activating group) is 1. The van der Waals surface area contributed by atoms with E-state index in [1.807, 2.05) is 6.92 Å². The summed E-state index contributed by atoms with van der Waals surface area (Å²) in [7, 11) is 1.74. The van der Waals surface area contributed by atoms with Gasteiger partial charge in [0.05, 0.1) is 9.21 Å². The van der Waals surface area contributed by atoms with Crippen LogP contribution in [0, 0.1) is 0 Å². The van der Waals surface area contributed by atoms with Gasteiger partial charge in [0.25, 0.3) is 5.91 Å². The molecule has 2 rings (SSSR count). The minimum Gasteiger partial charge on any atom is -0.340 e. The van der Waals surface area contributed by atoms with Gasteiger partial charge in [-0.1, -0.05) is 23.7 Å². The number of hydrogen-bond acceptors (Lipinski definition) is 5. The molecule has 6 nitrogen and oxygen atoms in total. The fourth-order valence-corrected chi connectivity index (χ4v) is 2.61. The molecule has 0 bridgehead atoms. The standard InChI is InChI=1S/C10H12ClN5OS/c1-6(9-12-14-15-13-9)5-16(2)10(17)7-3-4-8(11)18-7/h3-4,6H,5H2,1-2H3,(H,12,13,14,15)/t6-/m1/s1. The minimum absolute atomic E-state index is 0.0214. The van der Waals surface area contributed by atoms with Crippen molar-refractivity contribution < 1.29 is 4.79 Å². The Morgan fingerprint density at radius 2 is 2.39 bits per heavy atom. The van der Waals surface area contributed by atoms with Crippen LogP contribution in [0.5, 0.6) is 0 Å². The summed E-state index contributed by atoms with van der Waals surface area (Å²) in [6, 6.07) is 3.45. The first kappa shape index (κ1) is 13.0. The van der Waals surface area contributed by atoms with Gasteiger partial charge in [-0.15, -0.1) is 21.5 Å². The molecule has 0 saturated heterocycles. The molecule has 2 heterocycles. The molecule has 0 aliphatic carbocycles. The summed E-state index contributed by atoms with van der Waals surface area (Å²) in [4.78, 5) is 14.3. The smallest absolute Gasteiger partial charge is 0.263 e. The maximum atomic E-state index is 12.1. The molecular weight excluding hydrogens is 274 g/mol. The number of tetrazole rings is 1. The molecule has 0 aliphatic heterocycles. The van der Waals surface area contributed by atoms with Crippen LogP contribution in [-0.2, 0) is 0 Å². The SMILES string of the molecule is C[C@H](CN(C)C(=O)c1ccc(Cl)s1)c1nn[nH]n1. The van der Waals surface area contributed by atoms with Crippen LogP contribution in [0.2, 0.25) is 4.34 Å². The van der Waals surface area contributed by atoms with E-state index in [2.05, 4.69) is 20.6 Å². The third-order valence-electron chi connectivity index (χ3n) is 2.48. The van der Waals surface area contributed by atoms with Gasteiger partial charge in [-0.3, -0.25) is 4.79 Å². The number of rotatable bonds is 4. The first-order valence-electron chi connectivity index (χ1n) is 5.32. The number of H-pyrrole nitrogens is 1. The maximum Gasteiger partial charge on any atom is 0.263 e. The number of carbonyl (C=O) groups is 1. The molecule has 96 valence electrons. The number of hydrogen-bond donors (Lipinski definition) is 1. The first-order chi connectivity index (χ1) is 8.58. The highest BCUT2D eigenvalue weighted by Gasteiger charge is 2.19. The van der Waals surface area contributed by atoms with Crippen molar-refractivity contribution in [1.82, 2.24) is 25.5 Å². The van der Waals surface area contributed by atoms with Crippen molar-refractivity contribution in [3.63, 3.8) is 0 Å². The summed E-state index contributed by atoms with van der Waals surface area (Å²) in [5, 5.41) is 13.7. The van der Waals surface area contributed by atoms with E-state index < -0.39 is 0 Å². The maximum absolute atomic E-state index is 12.1. The normalized spacial score (nSPS) is 12.4. The third-order valence-corrected chi connectivity index (χ3v) is 3.70. The van der Waals surface area contributed by atoms with Gasteiger partial charge < -0.3 is 4.90 Å². The van der Waals surface area contributed by atoms with Crippen LogP contribution in [0.25, 0.3) is 0 Å². The van der Waals surface area contributed by atoms with Crippen molar-refractivity contribution >= 4 is 28.8 Å². The molecule has 8 heteroatoms. The van der Waals surface area contributed by atoms with Crippen molar-refractivity contribution in [3.05, 3.63) is 27.2 Å². The number of nitrogens with zero attached hydrogens (tertiary/aromatic N) is 4. The van der Waals surface area contributed by atoms with Crippen molar-refractivity contribution in [2.45, 2.75) is 12.8 Å². The minimum atomic E-state index is -0.0535. The van der Waals surface area contributed by atoms with E-state index in [4.69, 9.17) is 11.6 Å². The molecule has 0 radical (unpaired) electrons. The van der Waals surface area contributed by atoms with Gasteiger partial charge in [0.1, 0.15) is 0 Å². The van der Waals surface area contributed by atoms with Crippen LogP contribution in [0.15, 0.2) is 12.1 Å². The molecule has 0 spiro atoms. The average Bonchev–Trinajstić information content (AvgIpc) is 2.98. The topological polar surface area (TPSA) is 74.8 Å². The van der Waals surface area contributed by atoms with Crippen LogP contribution in [-0.4, -0.2) is 45.0 Å². The molecule has 2 aromatic rings. The molecule has 18 heavy (non-hydrogen) atoms. The number of halogens is 1. The van der Waals surface area contributed by atoms with E-state index in [1.165, 1.54) is 11.3 Å². The van der Waals surface area contributed by atoms with Gasteiger partial charge in [0, 0.05) is 19.5 Å².